The maximum atomic E-state index is 11.8. The van der Waals surface area contributed by atoms with Crippen LogP contribution in [0, 0.1) is 0 Å². The molecule has 0 heterocycles. The molecule has 0 saturated heterocycles. The van der Waals surface area contributed by atoms with E-state index in [0.717, 1.165) is 11.3 Å². The van der Waals surface area contributed by atoms with E-state index in [1.165, 1.54) is 0 Å². The van der Waals surface area contributed by atoms with Gasteiger partial charge in [-0.2, -0.15) is 0 Å². The van der Waals surface area contributed by atoms with Gasteiger partial charge in [0.2, 0.25) is 5.91 Å². The third-order valence-electron chi connectivity index (χ3n) is 2.97. The van der Waals surface area contributed by atoms with Crippen LogP contribution in [0.15, 0.2) is 24.3 Å². The summed E-state index contributed by atoms with van der Waals surface area (Å²) in [6.07, 6.45) is 0.770. The lowest BCUT2D eigenvalue weighted by molar-refractivity contribution is -0.140. The first-order chi connectivity index (χ1) is 10.2. The van der Waals surface area contributed by atoms with Crippen molar-refractivity contribution in [2.24, 2.45) is 0 Å². The predicted octanol–water partition coefficient (Wildman–Crippen LogP) is 2.14. The number of amides is 1. The highest BCUT2D eigenvalue weighted by Crippen LogP contribution is 2.12. The minimum Gasteiger partial charge on any atom is -0.497 e. The predicted molar refractivity (Wildman–Crippen MR) is 81.4 cm³/mol. The molecule has 1 aromatic rings. The molecule has 5 nitrogen and oxygen atoms in total. The van der Waals surface area contributed by atoms with E-state index < -0.39 is 0 Å². The Bertz CT molecular complexity index is 399. The monoisotopic (exact) mass is 295 g/mol. The maximum absolute atomic E-state index is 11.8. The molecule has 1 amide bonds. The Kier molecular flexibility index (Phi) is 8.47. The fourth-order valence-corrected chi connectivity index (χ4v) is 1.87. The van der Waals surface area contributed by atoms with E-state index in [9.17, 15) is 4.79 Å². The van der Waals surface area contributed by atoms with Crippen LogP contribution in [-0.2, 0) is 20.7 Å². The highest BCUT2D eigenvalue weighted by molar-refractivity contribution is 5.76. The number of aryl methyl sites for hydroxylation is 1. The van der Waals surface area contributed by atoms with E-state index >= 15 is 0 Å². The first-order valence-electron chi connectivity index (χ1n) is 7.32. The van der Waals surface area contributed by atoms with Gasteiger partial charge in [-0.25, -0.2) is 0 Å². The van der Waals surface area contributed by atoms with Gasteiger partial charge >= 0.3 is 0 Å². The molecule has 0 aliphatic heterocycles. The summed E-state index contributed by atoms with van der Waals surface area (Å²) in [5.41, 5.74) is 1.11. The van der Waals surface area contributed by atoms with Crippen LogP contribution in [0.2, 0.25) is 0 Å². The molecule has 0 atom stereocenters. The van der Waals surface area contributed by atoms with Gasteiger partial charge in [0.15, 0.2) is 6.29 Å². The molecule has 0 bridgehead atoms. The molecule has 1 rings (SSSR count). The van der Waals surface area contributed by atoms with Crippen LogP contribution < -0.4 is 10.1 Å². The fraction of sp³-hybridized carbons (Fsp3) is 0.562. The Morgan fingerprint density at radius 2 is 1.76 bits per heavy atom. The van der Waals surface area contributed by atoms with Crippen LogP contribution in [0.5, 0.6) is 5.75 Å². The van der Waals surface area contributed by atoms with Crippen molar-refractivity contribution < 1.29 is 19.0 Å². The van der Waals surface area contributed by atoms with E-state index in [2.05, 4.69) is 5.32 Å². The standard InChI is InChI=1S/C16H25NO4/c1-4-20-16(21-5-2)12-17-15(18)11-8-13-6-9-14(19-3)10-7-13/h6-7,9-10,16H,4-5,8,11-12H2,1-3H3,(H,17,18). The Balaban J connectivity index is 2.29. The van der Waals surface area contributed by atoms with Crippen LogP contribution in [0.25, 0.3) is 0 Å². The molecule has 0 saturated carbocycles. The quantitative estimate of drug-likeness (QED) is 0.672. The van der Waals surface area contributed by atoms with Crippen LogP contribution in [0.1, 0.15) is 25.8 Å². The van der Waals surface area contributed by atoms with Crippen LogP contribution in [-0.4, -0.2) is 39.1 Å². The smallest absolute Gasteiger partial charge is 0.220 e. The van der Waals surface area contributed by atoms with Gasteiger partial charge in [-0.15, -0.1) is 0 Å². The highest BCUT2D eigenvalue weighted by Gasteiger charge is 2.10. The first kappa shape index (κ1) is 17.5. The molecule has 0 fully saturated rings. The topological polar surface area (TPSA) is 56.8 Å². The van der Waals surface area contributed by atoms with Gasteiger partial charge < -0.3 is 19.5 Å². The number of methoxy groups -OCH3 is 1. The number of hydrogen-bond donors (Lipinski definition) is 1. The van der Waals surface area contributed by atoms with E-state index in [1.807, 2.05) is 38.1 Å². The lowest BCUT2D eigenvalue weighted by atomic mass is 10.1. The Labute approximate surface area is 126 Å². The van der Waals surface area contributed by atoms with Crippen molar-refractivity contribution in [3.8, 4) is 5.75 Å². The third kappa shape index (κ3) is 7.11. The summed E-state index contributed by atoms with van der Waals surface area (Å²) >= 11 is 0. The van der Waals surface area contributed by atoms with Crippen molar-refractivity contribution in [3.05, 3.63) is 29.8 Å². The second-order valence-corrected chi connectivity index (χ2v) is 4.49. The van der Waals surface area contributed by atoms with Gasteiger partial charge in [-0.05, 0) is 38.0 Å². The summed E-state index contributed by atoms with van der Waals surface area (Å²) < 4.78 is 15.8. The summed E-state index contributed by atoms with van der Waals surface area (Å²) in [5.74, 6) is 0.815. The maximum Gasteiger partial charge on any atom is 0.220 e. The molecule has 118 valence electrons. The molecule has 0 aliphatic rings. The van der Waals surface area contributed by atoms with Gasteiger partial charge in [0.05, 0.1) is 13.7 Å². The number of nitrogens with one attached hydrogen (secondary N) is 1. The lowest BCUT2D eigenvalue weighted by Crippen LogP contribution is -2.35. The summed E-state index contributed by atoms with van der Waals surface area (Å²) in [5, 5.41) is 2.83. The molecule has 0 radical (unpaired) electrons. The third-order valence-corrected chi connectivity index (χ3v) is 2.97. The normalized spacial score (nSPS) is 10.7. The number of carbonyl (C=O) groups is 1. The van der Waals surface area contributed by atoms with Crippen molar-refractivity contribution in [3.63, 3.8) is 0 Å². The minimum absolute atomic E-state index is 0.00442. The molecule has 1 aromatic carbocycles. The van der Waals surface area contributed by atoms with Crippen LogP contribution >= 0.6 is 0 Å². The number of rotatable bonds is 10. The molecule has 5 heteroatoms. The number of hydrogen-bond acceptors (Lipinski definition) is 4. The van der Waals surface area contributed by atoms with Crippen LogP contribution in [0.4, 0.5) is 0 Å². The van der Waals surface area contributed by atoms with Crippen molar-refractivity contribution in [1.29, 1.82) is 0 Å². The van der Waals surface area contributed by atoms with Crippen molar-refractivity contribution in [1.82, 2.24) is 5.32 Å². The van der Waals surface area contributed by atoms with Gasteiger partial charge in [0.1, 0.15) is 5.75 Å². The molecular weight excluding hydrogens is 270 g/mol. The molecule has 0 unspecified atom stereocenters. The van der Waals surface area contributed by atoms with E-state index in [4.69, 9.17) is 14.2 Å². The van der Waals surface area contributed by atoms with E-state index in [0.29, 0.717) is 32.6 Å². The summed E-state index contributed by atoms with van der Waals surface area (Å²) in [4.78, 5) is 11.8. The minimum atomic E-state index is -0.370. The zero-order valence-corrected chi connectivity index (χ0v) is 13.1. The van der Waals surface area contributed by atoms with Gasteiger partial charge in [-0.1, -0.05) is 12.1 Å². The zero-order valence-electron chi connectivity index (χ0n) is 13.1. The van der Waals surface area contributed by atoms with Gasteiger partial charge in [0, 0.05) is 19.6 Å². The Morgan fingerprint density at radius 3 is 2.29 bits per heavy atom. The number of benzene rings is 1. The average Bonchev–Trinajstić information content (AvgIpc) is 2.51. The Hall–Kier alpha value is -1.59. The molecule has 0 aromatic heterocycles. The fourth-order valence-electron chi connectivity index (χ4n) is 1.87. The molecule has 0 spiro atoms. The highest BCUT2D eigenvalue weighted by atomic mass is 16.7. The summed E-state index contributed by atoms with van der Waals surface area (Å²) in [6.45, 7) is 5.30. The Morgan fingerprint density at radius 1 is 1.14 bits per heavy atom. The van der Waals surface area contributed by atoms with Crippen molar-refractivity contribution in [2.45, 2.75) is 33.0 Å². The summed E-state index contributed by atoms with van der Waals surface area (Å²) in [7, 11) is 1.63. The molecule has 1 N–H and O–H groups in total. The largest absolute Gasteiger partial charge is 0.497 e. The van der Waals surface area contributed by atoms with Crippen molar-refractivity contribution in [2.75, 3.05) is 26.9 Å². The second-order valence-electron chi connectivity index (χ2n) is 4.49. The molecular formula is C16H25NO4. The second kappa shape index (κ2) is 10.2. The lowest BCUT2D eigenvalue weighted by Gasteiger charge is -2.17. The van der Waals surface area contributed by atoms with E-state index in [1.54, 1.807) is 7.11 Å². The van der Waals surface area contributed by atoms with Crippen LogP contribution in [0.3, 0.4) is 0 Å². The zero-order chi connectivity index (χ0) is 15.5. The number of carbonyl (C=O) groups excluding carboxylic acids is 1. The molecule has 0 aliphatic carbocycles. The SMILES string of the molecule is CCOC(CNC(=O)CCc1ccc(OC)cc1)OCC. The molecule has 21 heavy (non-hydrogen) atoms. The van der Waals surface area contributed by atoms with Crippen molar-refractivity contribution >= 4 is 5.91 Å². The average molecular weight is 295 g/mol. The van der Waals surface area contributed by atoms with Gasteiger partial charge in [0.25, 0.3) is 0 Å². The summed E-state index contributed by atoms with van der Waals surface area (Å²) in [6, 6.07) is 7.73. The first-order valence-corrected chi connectivity index (χ1v) is 7.32. The number of ether oxygens (including phenoxy) is 3. The van der Waals surface area contributed by atoms with Gasteiger partial charge in [-0.3, -0.25) is 4.79 Å². The van der Waals surface area contributed by atoms with E-state index in [-0.39, 0.29) is 12.2 Å².